The molecule has 0 saturated heterocycles. The van der Waals surface area contributed by atoms with Crippen LogP contribution < -0.4 is 5.32 Å². The van der Waals surface area contributed by atoms with E-state index in [1.54, 1.807) is 12.1 Å². The highest BCUT2D eigenvalue weighted by atomic mass is 19.1. The molecule has 0 unspecified atom stereocenters. The molecule has 0 amide bonds. The molecule has 2 aromatic carbocycles. The molecule has 0 aliphatic heterocycles. The summed E-state index contributed by atoms with van der Waals surface area (Å²) < 4.78 is 13.3. The number of nitrogens with zero attached hydrogens (tertiary/aromatic N) is 4. The first kappa shape index (κ1) is 19.2. The molecule has 1 atom stereocenters. The Bertz CT molecular complexity index is 1320. The molecule has 1 aliphatic carbocycles. The minimum atomic E-state index is -0.290. The number of hydrogen-bond donors (Lipinski definition) is 1. The predicted octanol–water partition coefficient (Wildman–Crippen LogP) is 4.83. The van der Waals surface area contributed by atoms with E-state index in [0.717, 1.165) is 22.2 Å². The van der Waals surface area contributed by atoms with Crippen molar-refractivity contribution in [3.05, 3.63) is 82.6 Å². The van der Waals surface area contributed by atoms with Gasteiger partial charge in [0.1, 0.15) is 5.82 Å². The number of Topliss-reactive ketones (excluding diaryl/α,β-unsaturated/α-hetero) is 1. The van der Waals surface area contributed by atoms with Gasteiger partial charge in [0, 0.05) is 11.8 Å². The van der Waals surface area contributed by atoms with Crippen LogP contribution in [0.15, 0.2) is 48.5 Å². The third-order valence-electron chi connectivity index (χ3n) is 5.67. The van der Waals surface area contributed by atoms with E-state index in [0.29, 0.717) is 41.7 Å². The quantitative estimate of drug-likeness (QED) is 0.518. The van der Waals surface area contributed by atoms with Crippen LogP contribution in [-0.2, 0) is 6.42 Å². The maximum Gasteiger partial charge on any atom is 0.230 e. The van der Waals surface area contributed by atoms with Crippen LogP contribution in [0.4, 0.5) is 16.3 Å². The number of aryl methyl sites for hydroxylation is 2. The van der Waals surface area contributed by atoms with Gasteiger partial charge in [-0.05, 0) is 49.9 Å². The highest BCUT2D eigenvalue weighted by Gasteiger charge is 2.30. The van der Waals surface area contributed by atoms with Crippen LogP contribution in [-0.4, -0.2) is 25.7 Å². The lowest BCUT2D eigenvalue weighted by Gasteiger charge is -2.24. The molecular formula is C24H20FN5O. The second-order valence-corrected chi connectivity index (χ2v) is 7.81. The summed E-state index contributed by atoms with van der Waals surface area (Å²) in [5.41, 5.74) is 4.53. The van der Waals surface area contributed by atoms with Crippen LogP contribution in [0.1, 0.15) is 45.3 Å². The lowest BCUT2D eigenvalue weighted by Crippen LogP contribution is -2.23. The van der Waals surface area contributed by atoms with E-state index in [9.17, 15) is 9.18 Å². The number of carbonyl (C=O) groups is 1. The van der Waals surface area contributed by atoms with E-state index in [-0.39, 0.29) is 17.5 Å². The van der Waals surface area contributed by atoms with E-state index >= 15 is 0 Å². The third kappa shape index (κ3) is 3.63. The Balaban J connectivity index is 1.49. The van der Waals surface area contributed by atoms with Crippen molar-refractivity contribution in [3.63, 3.8) is 0 Å². The predicted molar refractivity (Wildman–Crippen MR) is 116 cm³/mol. The molecule has 0 radical (unpaired) electrons. The highest BCUT2D eigenvalue weighted by molar-refractivity contribution is 5.99. The zero-order valence-corrected chi connectivity index (χ0v) is 17.2. The standard InChI is InChI=1S/C24H20FN5O/c1-13-18-5-3-4-6-19(18)28-23(26-13)30-24-27-14(2)22-20(29-24)11-16(12-21(22)31)15-7-9-17(25)10-8-15/h3-10,16H,11-12H2,1-2H3,(H,26,27,28,29,30)/t16-/m0/s1. The van der Waals surface area contributed by atoms with E-state index < -0.39 is 0 Å². The maximum absolute atomic E-state index is 13.3. The van der Waals surface area contributed by atoms with Crippen molar-refractivity contribution in [2.45, 2.75) is 32.6 Å². The molecule has 7 heteroatoms. The van der Waals surface area contributed by atoms with Crippen LogP contribution in [0.25, 0.3) is 10.9 Å². The first-order valence-corrected chi connectivity index (χ1v) is 10.1. The van der Waals surface area contributed by atoms with Crippen molar-refractivity contribution in [1.29, 1.82) is 0 Å². The molecule has 1 aliphatic rings. The maximum atomic E-state index is 13.3. The van der Waals surface area contributed by atoms with Crippen molar-refractivity contribution in [2.75, 3.05) is 5.32 Å². The van der Waals surface area contributed by atoms with Crippen LogP contribution in [0.5, 0.6) is 0 Å². The average Bonchev–Trinajstić information content (AvgIpc) is 2.73. The van der Waals surface area contributed by atoms with Crippen LogP contribution in [0, 0.1) is 19.7 Å². The van der Waals surface area contributed by atoms with Gasteiger partial charge in [0.15, 0.2) is 5.78 Å². The first-order valence-electron chi connectivity index (χ1n) is 10.1. The van der Waals surface area contributed by atoms with Gasteiger partial charge in [-0.15, -0.1) is 0 Å². The number of anilines is 2. The Hall–Kier alpha value is -3.74. The van der Waals surface area contributed by atoms with Gasteiger partial charge < -0.3 is 0 Å². The van der Waals surface area contributed by atoms with E-state index in [2.05, 4.69) is 25.3 Å². The van der Waals surface area contributed by atoms with Gasteiger partial charge in [-0.2, -0.15) is 0 Å². The van der Waals surface area contributed by atoms with Gasteiger partial charge in [0.2, 0.25) is 11.9 Å². The topological polar surface area (TPSA) is 80.7 Å². The molecule has 0 bridgehead atoms. The second-order valence-electron chi connectivity index (χ2n) is 7.81. The van der Waals surface area contributed by atoms with Crippen molar-refractivity contribution in [2.24, 2.45) is 0 Å². The molecule has 31 heavy (non-hydrogen) atoms. The second kappa shape index (κ2) is 7.50. The molecule has 0 saturated carbocycles. The molecule has 2 heterocycles. The zero-order valence-electron chi connectivity index (χ0n) is 17.2. The molecule has 2 aromatic heterocycles. The first-order chi connectivity index (χ1) is 15.0. The fourth-order valence-corrected chi connectivity index (χ4v) is 4.19. The molecule has 5 rings (SSSR count). The van der Waals surface area contributed by atoms with Crippen molar-refractivity contribution in [1.82, 2.24) is 19.9 Å². The van der Waals surface area contributed by atoms with Crippen molar-refractivity contribution in [3.8, 4) is 0 Å². The highest BCUT2D eigenvalue weighted by Crippen LogP contribution is 2.33. The molecule has 6 nitrogen and oxygen atoms in total. The average molecular weight is 413 g/mol. The normalized spacial score (nSPS) is 15.7. The summed E-state index contributed by atoms with van der Waals surface area (Å²) in [7, 11) is 0. The van der Waals surface area contributed by atoms with E-state index in [1.165, 1.54) is 12.1 Å². The van der Waals surface area contributed by atoms with Gasteiger partial charge in [0.25, 0.3) is 0 Å². The number of carbonyl (C=O) groups excluding carboxylic acids is 1. The summed E-state index contributed by atoms with van der Waals surface area (Å²) in [6.07, 6.45) is 0.949. The number of para-hydroxylation sites is 1. The monoisotopic (exact) mass is 413 g/mol. The summed E-state index contributed by atoms with van der Waals surface area (Å²) in [5.74, 6) is 0.451. The summed E-state index contributed by atoms with van der Waals surface area (Å²) >= 11 is 0. The summed E-state index contributed by atoms with van der Waals surface area (Å²) in [5, 5.41) is 4.09. The number of nitrogens with one attached hydrogen (secondary N) is 1. The number of benzene rings is 2. The Kier molecular flexibility index (Phi) is 4.66. The summed E-state index contributed by atoms with van der Waals surface area (Å²) in [6, 6.07) is 14.1. The Morgan fingerprint density at radius 1 is 0.871 bits per heavy atom. The van der Waals surface area contributed by atoms with Crippen LogP contribution in [0.3, 0.4) is 0 Å². The van der Waals surface area contributed by atoms with Gasteiger partial charge in [0.05, 0.1) is 28.2 Å². The van der Waals surface area contributed by atoms with E-state index in [4.69, 9.17) is 0 Å². The largest absolute Gasteiger partial charge is 0.294 e. The van der Waals surface area contributed by atoms with Gasteiger partial charge in [-0.25, -0.2) is 24.3 Å². The third-order valence-corrected chi connectivity index (χ3v) is 5.67. The number of rotatable bonds is 3. The van der Waals surface area contributed by atoms with Crippen molar-refractivity contribution >= 4 is 28.6 Å². The number of halogens is 1. The molecule has 0 fully saturated rings. The van der Waals surface area contributed by atoms with Gasteiger partial charge in [-0.3, -0.25) is 10.1 Å². The summed E-state index contributed by atoms with van der Waals surface area (Å²) in [6.45, 7) is 3.74. The number of aromatic nitrogens is 4. The molecule has 1 N–H and O–H groups in total. The molecule has 0 spiro atoms. The zero-order chi connectivity index (χ0) is 21.5. The van der Waals surface area contributed by atoms with Crippen LogP contribution in [0.2, 0.25) is 0 Å². The van der Waals surface area contributed by atoms with E-state index in [1.807, 2.05) is 38.1 Å². The minimum absolute atomic E-state index is 0.0115. The fraction of sp³-hybridized carbons (Fsp3) is 0.208. The SMILES string of the molecule is Cc1nc(Nc2nc(C)c3ccccc3n2)nc2c1C(=O)C[C@@H](c1ccc(F)cc1)C2. The molecule has 4 aromatic rings. The van der Waals surface area contributed by atoms with Gasteiger partial charge >= 0.3 is 0 Å². The smallest absolute Gasteiger partial charge is 0.230 e. The summed E-state index contributed by atoms with van der Waals surface area (Å²) in [4.78, 5) is 31.0. The van der Waals surface area contributed by atoms with Gasteiger partial charge in [-0.1, -0.05) is 30.3 Å². The van der Waals surface area contributed by atoms with Crippen molar-refractivity contribution < 1.29 is 9.18 Å². The lowest BCUT2D eigenvalue weighted by molar-refractivity contribution is 0.0962. The minimum Gasteiger partial charge on any atom is -0.294 e. The Morgan fingerprint density at radius 2 is 1.58 bits per heavy atom. The Labute approximate surface area is 178 Å². The number of fused-ring (bicyclic) bond motifs is 2. The lowest BCUT2D eigenvalue weighted by atomic mass is 9.81. The molecular weight excluding hydrogens is 393 g/mol. The van der Waals surface area contributed by atoms with Crippen LogP contribution >= 0.6 is 0 Å². The number of ketones is 1. The Morgan fingerprint density at radius 3 is 2.39 bits per heavy atom. The fourth-order valence-electron chi connectivity index (χ4n) is 4.19. The number of hydrogen-bond acceptors (Lipinski definition) is 6. The molecule has 154 valence electrons.